The summed E-state index contributed by atoms with van der Waals surface area (Å²) in [6.07, 6.45) is 7.13. The molecule has 1 aromatic rings. The third kappa shape index (κ3) is 8.65. The molecule has 1 rings (SSSR count). The third-order valence-corrected chi connectivity index (χ3v) is 3.08. The first-order valence-electron chi connectivity index (χ1n) is 7.88. The summed E-state index contributed by atoms with van der Waals surface area (Å²) in [5, 5.41) is 11.6. The standard InChI is InChI=1S/C16H24N2O5/c1-2-3-4-5-6-7-11-22-14(20)12-18-16(21)23-15-13(19)9-8-10-17-15/h8-10,19H,2-7,11-12H2,1H3,(H,18,21). The van der Waals surface area contributed by atoms with E-state index in [0.717, 1.165) is 19.3 Å². The number of nitrogens with zero attached hydrogens (tertiary/aromatic N) is 1. The zero-order valence-electron chi connectivity index (χ0n) is 13.4. The number of nitrogens with one attached hydrogen (secondary N) is 1. The highest BCUT2D eigenvalue weighted by molar-refractivity contribution is 5.78. The molecule has 23 heavy (non-hydrogen) atoms. The number of aromatic hydroxyl groups is 1. The fourth-order valence-electron chi connectivity index (χ4n) is 1.85. The molecule has 1 heterocycles. The predicted molar refractivity (Wildman–Crippen MR) is 84.3 cm³/mol. The van der Waals surface area contributed by atoms with Gasteiger partial charge in [-0.3, -0.25) is 4.79 Å². The maximum atomic E-state index is 11.5. The van der Waals surface area contributed by atoms with Gasteiger partial charge >= 0.3 is 12.1 Å². The summed E-state index contributed by atoms with van der Waals surface area (Å²) < 4.78 is 9.76. The molecule has 0 aliphatic carbocycles. The molecule has 0 spiro atoms. The Morgan fingerprint density at radius 2 is 1.96 bits per heavy atom. The lowest BCUT2D eigenvalue weighted by Gasteiger charge is -2.07. The van der Waals surface area contributed by atoms with Crippen molar-refractivity contribution in [2.45, 2.75) is 45.4 Å². The number of hydrogen-bond donors (Lipinski definition) is 2. The monoisotopic (exact) mass is 324 g/mol. The SMILES string of the molecule is CCCCCCCCOC(=O)CNC(=O)Oc1ncccc1O. The molecule has 7 heteroatoms. The van der Waals surface area contributed by atoms with E-state index < -0.39 is 12.1 Å². The number of ether oxygens (including phenoxy) is 2. The topological polar surface area (TPSA) is 97.8 Å². The van der Waals surface area contributed by atoms with Crippen LogP contribution in [0.25, 0.3) is 0 Å². The molecule has 0 aliphatic heterocycles. The van der Waals surface area contributed by atoms with Gasteiger partial charge in [0.05, 0.1) is 6.61 Å². The van der Waals surface area contributed by atoms with Crippen molar-refractivity contribution in [3.63, 3.8) is 0 Å². The Labute approximate surface area is 136 Å². The maximum Gasteiger partial charge on any atom is 0.414 e. The first-order chi connectivity index (χ1) is 11.1. The Bertz CT molecular complexity index is 493. The lowest BCUT2D eigenvalue weighted by atomic mass is 10.1. The van der Waals surface area contributed by atoms with Crippen molar-refractivity contribution in [3.05, 3.63) is 18.3 Å². The van der Waals surface area contributed by atoms with Crippen LogP contribution < -0.4 is 10.1 Å². The van der Waals surface area contributed by atoms with Crippen LogP contribution in [0.5, 0.6) is 11.6 Å². The summed E-state index contributed by atoms with van der Waals surface area (Å²) in [6.45, 7) is 2.22. The number of aromatic nitrogens is 1. The van der Waals surface area contributed by atoms with Crippen LogP contribution in [-0.4, -0.2) is 35.3 Å². The van der Waals surface area contributed by atoms with Gasteiger partial charge in [0.1, 0.15) is 6.54 Å². The van der Waals surface area contributed by atoms with Crippen molar-refractivity contribution in [1.29, 1.82) is 0 Å². The molecular formula is C16H24N2O5. The van der Waals surface area contributed by atoms with Crippen LogP contribution in [0.2, 0.25) is 0 Å². The van der Waals surface area contributed by atoms with Crippen LogP contribution in [-0.2, 0) is 9.53 Å². The summed E-state index contributed by atoms with van der Waals surface area (Å²) in [5.74, 6) is -1.00. The Kier molecular flexibility index (Phi) is 9.19. The van der Waals surface area contributed by atoms with Gasteiger partial charge in [0, 0.05) is 6.20 Å². The smallest absolute Gasteiger partial charge is 0.414 e. The first kappa shape index (κ1) is 18.7. The minimum atomic E-state index is -0.879. The summed E-state index contributed by atoms with van der Waals surface area (Å²) in [4.78, 5) is 26.6. The van der Waals surface area contributed by atoms with Gasteiger partial charge in [-0.05, 0) is 18.6 Å². The molecule has 0 aliphatic rings. The van der Waals surface area contributed by atoms with Crippen molar-refractivity contribution in [1.82, 2.24) is 10.3 Å². The zero-order chi connectivity index (χ0) is 16.9. The normalized spacial score (nSPS) is 10.1. The van der Waals surface area contributed by atoms with Crippen LogP contribution in [0.4, 0.5) is 4.79 Å². The van der Waals surface area contributed by atoms with Crippen LogP contribution >= 0.6 is 0 Å². The average molecular weight is 324 g/mol. The highest BCUT2D eigenvalue weighted by Gasteiger charge is 2.11. The van der Waals surface area contributed by atoms with Crippen LogP contribution in [0.15, 0.2) is 18.3 Å². The highest BCUT2D eigenvalue weighted by Crippen LogP contribution is 2.20. The summed E-state index contributed by atoms with van der Waals surface area (Å²) in [6, 6.07) is 2.84. The number of carbonyl (C=O) groups excluding carboxylic acids is 2. The van der Waals surface area contributed by atoms with Gasteiger partial charge in [0.2, 0.25) is 0 Å². The Hall–Kier alpha value is -2.31. The van der Waals surface area contributed by atoms with Gasteiger partial charge in [-0.1, -0.05) is 39.0 Å². The number of unbranched alkanes of at least 4 members (excludes halogenated alkanes) is 5. The van der Waals surface area contributed by atoms with Crippen LogP contribution in [0.1, 0.15) is 45.4 Å². The minimum Gasteiger partial charge on any atom is -0.503 e. The molecule has 1 amide bonds. The van der Waals surface area contributed by atoms with Gasteiger partial charge in [-0.2, -0.15) is 0 Å². The molecule has 2 N–H and O–H groups in total. The van der Waals surface area contributed by atoms with Crippen LogP contribution in [0, 0.1) is 0 Å². The molecule has 0 bridgehead atoms. The number of pyridine rings is 1. The lowest BCUT2D eigenvalue weighted by molar-refractivity contribution is -0.142. The largest absolute Gasteiger partial charge is 0.503 e. The second-order valence-corrected chi connectivity index (χ2v) is 5.06. The summed E-state index contributed by atoms with van der Waals surface area (Å²) >= 11 is 0. The molecule has 0 radical (unpaired) electrons. The molecule has 0 atom stereocenters. The quantitative estimate of drug-likeness (QED) is 0.507. The van der Waals surface area contributed by atoms with E-state index in [9.17, 15) is 14.7 Å². The lowest BCUT2D eigenvalue weighted by Crippen LogP contribution is -2.33. The highest BCUT2D eigenvalue weighted by atomic mass is 16.6. The molecule has 0 unspecified atom stereocenters. The molecule has 7 nitrogen and oxygen atoms in total. The van der Waals surface area contributed by atoms with Gasteiger partial charge in [-0.25, -0.2) is 9.78 Å². The first-order valence-corrected chi connectivity index (χ1v) is 7.88. The molecule has 128 valence electrons. The van der Waals surface area contributed by atoms with E-state index in [1.807, 2.05) is 0 Å². The van der Waals surface area contributed by atoms with Crippen molar-refractivity contribution >= 4 is 12.1 Å². The average Bonchev–Trinajstić information content (AvgIpc) is 2.54. The number of rotatable bonds is 10. The zero-order valence-corrected chi connectivity index (χ0v) is 13.4. The fourth-order valence-corrected chi connectivity index (χ4v) is 1.85. The maximum absolute atomic E-state index is 11.5. The van der Waals surface area contributed by atoms with Crippen LogP contribution in [0.3, 0.4) is 0 Å². The fraction of sp³-hybridized carbons (Fsp3) is 0.562. The molecule has 0 saturated carbocycles. The van der Waals surface area contributed by atoms with Gasteiger partial charge < -0.3 is 19.9 Å². The van der Waals surface area contributed by atoms with Gasteiger partial charge in [0.25, 0.3) is 5.88 Å². The minimum absolute atomic E-state index is 0.217. The van der Waals surface area contributed by atoms with E-state index in [1.165, 1.54) is 37.6 Å². The number of carbonyl (C=O) groups is 2. The molecule has 0 aromatic carbocycles. The van der Waals surface area contributed by atoms with E-state index in [4.69, 9.17) is 9.47 Å². The number of hydrogen-bond acceptors (Lipinski definition) is 6. The van der Waals surface area contributed by atoms with E-state index in [1.54, 1.807) is 0 Å². The summed E-state index contributed by atoms with van der Waals surface area (Å²) in [7, 11) is 0. The molecular weight excluding hydrogens is 300 g/mol. The Morgan fingerprint density at radius 3 is 2.70 bits per heavy atom. The summed E-state index contributed by atoms with van der Waals surface area (Å²) in [5.41, 5.74) is 0. The van der Waals surface area contributed by atoms with Crippen molar-refractivity contribution in [3.8, 4) is 11.6 Å². The number of amides is 1. The Morgan fingerprint density at radius 1 is 1.22 bits per heavy atom. The van der Waals surface area contributed by atoms with Gasteiger partial charge in [0.15, 0.2) is 5.75 Å². The van der Waals surface area contributed by atoms with Crippen molar-refractivity contribution in [2.24, 2.45) is 0 Å². The van der Waals surface area contributed by atoms with Crippen molar-refractivity contribution in [2.75, 3.05) is 13.2 Å². The van der Waals surface area contributed by atoms with Crippen molar-refractivity contribution < 1.29 is 24.2 Å². The molecule has 1 aromatic heterocycles. The molecule has 0 saturated heterocycles. The molecule has 0 fully saturated rings. The number of esters is 1. The van der Waals surface area contributed by atoms with E-state index in [-0.39, 0.29) is 18.2 Å². The Balaban J connectivity index is 2.09. The predicted octanol–water partition coefficient (Wildman–Crippen LogP) is 2.78. The van der Waals surface area contributed by atoms with E-state index in [0.29, 0.717) is 6.61 Å². The third-order valence-electron chi connectivity index (χ3n) is 3.08. The second kappa shape index (κ2) is 11.3. The van der Waals surface area contributed by atoms with E-state index >= 15 is 0 Å². The van der Waals surface area contributed by atoms with E-state index in [2.05, 4.69) is 17.2 Å². The van der Waals surface area contributed by atoms with Gasteiger partial charge in [-0.15, -0.1) is 0 Å². The second-order valence-electron chi connectivity index (χ2n) is 5.06.